The van der Waals surface area contributed by atoms with Gasteiger partial charge in [-0.25, -0.2) is 0 Å². The number of ether oxygens (including phenoxy) is 2. The molecule has 0 unspecified atom stereocenters. The molecule has 16 heavy (non-hydrogen) atoms. The third-order valence-corrected chi connectivity index (χ3v) is 2.11. The molecule has 1 aromatic rings. The third-order valence-electron chi connectivity index (χ3n) is 1.91. The lowest BCUT2D eigenvalue weighted by Crippen LogP contribution is -2.00. The number of methoxy groups -OCH3 is 2. The Morgan fingerprint density at radius 3 is 2.25 bits per heavy atom. The second-order valence-corrected chi connectivity index (χ2v) is 3.10. The maximum absolute atomic E-state index is 11.0. The molecule has 0 N–H and O–H groups in total. The molecule has 6 nitrogen and oxygen atoms in total. The molecule has 0 aliphatic rings. The molecule has 0 fully saturated rings. The summed E-state index contributed by atoms with van der Waals surface area (Å²) in [5, 5.41) is 9.91. The highest BCUT2D eigenvalue weighted by atomic mass is 35.5. The number of rotatable bonds is 4. The molecule has 0 amide bonds. The van der Waals surface area contributed by atoms with E-state index < -0.39 is 10.2 Å². The lowest BCUT2D eigenvalue weighted by molar-refractivity contribution is -0.385. The topological polar surface area (TPSA) is 78.7 Å². The summed E-state index contributed by atoms with van der Waals surface area (Å²) in [6, 6.07) is 2.26. The van der Waals surface area contributed by atoms with Gasteiger partial charge in [0, 0.05) is 6.07 Å². The Balaban J connectivity index is 3.46. The Labute approximate surface area is 95.9 Å². The van der Waals surface area contributed by atoms with Crippen molar-refractivity contribution in [2.45, 2.75) is 0 Å². The van der Waals surface area contributed by atoms with Gasteiger partial charge in [-0.05, 0) is 11.6 Å². The first-order chi connectivity index (χ1) is 7.51. The lowest BCUT2D eigenvalue weighted by atomic mass is 10.2. The molecular weight excluding hydrogens is 238 g/mol. The predicted octanol–water partition coefficient (Wildman–Crippen LogP) is 1.99. The van der Waals surface area contributed by atoms with E-state index in [-0.39, 0.29) is 22.7 Å². The Hall–Kier alpha value is -1.82. The van der Waals surface area contributed by atoms with Crippen LogP contribution in [0, 0.1) is 10.1 Å². The zero-order chi connectivity index (χ0) is 12.3. The van der Waals surface area contributed by atoms with E-state index in [4.69, 9.17) is 21.1 Å². The van der Waals surface area contributed by atoms with Crippen LogP contribution in [-0.2, 0) is 0 Å². The summed E-state index contributed by atoms with van der Waals surface area (Å²) in [4.78, 5) is 21.1. The monoisotopic (exact) mass is 245 g/mol. The number of carbonyl (C=O) groups excluding carboxylic acids is 1. The fraction of sp³-hybridized carbons (Fsp3) is 0.222. The van der Waals surface area contributed by atoms with Gasteiger partial charge in [0.1, 0.15) is 5.75 Å². The normalized spacial score (nSPS) is 9.69. The van der Waals surface area contributed by atoms with Gasteiger partial charge in [-0.1, -0.05) is 0 Å². The van der Waals surface area contributed by atoms with Crippen molar-refractivity contribution < 1.29 is 19.2 Å². The summed E-state index contributed by atoms with van der Waals surface area (Å²) in [5.41, 5.74) is -0.271. The predicted molar refractivity (Wildman–Crippen MR) is 56.4 cm³/mol. The van der Waals surface area contributed by atoms with Crippen molar-refractivity contribution in [2.24, 2.45) is 0 Å². The highest BCUT2D eigenvalue weighted by molar-refractivity contribution is 6.68. The summed E-state index contributed by atoms with van der Waals surface area (Å²) in [6.45, 7) is 0. The molecule has 0 heterocycles. The van der Waals surface area contributed by atoms with Crippen LogP contribution in [0.15, 0.2) is 12.1 Å². The van der Waals surface area contributed by atoms with Gasteiger partial charge in [0.15, 0.2) is 5.75 Å². The zero-order valence-corrected chi connectivity index (χ0v) is 9.28. The molecule has 0 bridgehead atoms. The van der Waals surface area contributed by atoms with Crippen LogP contribution in [0.3, 0.4) is 0 Å². The second-order valence-electron chi connectivity index (χ2n) is 2.76. The van der Waals surface area contributed by atoms with Gasteiger partial charge in [0.2, 0.25) is 0 Å². The van der Waals surface area contributed by atoms with Gasteiger partial charge in [-0.2, -0.15) is 0 Å². The summed E-state index contributed by atoms with van der Waals surface area (Å²) >= 11 is 5.30. The van der Waals surface area contributed by atoms with Crippen molar-refractivity contribution in [1.82, 2.24) is 0 Å². The van der Waals surface area contributed by atoms with Crippen molar-refractivity contribution >= 4 is 22.5 Å². The number of hydrogen-bond acceptors (Lipinski definition) is 5. The van der Waals surface area contributed by atoms with Gasteiger partial charge >= 0.3 is 5.69 Å². The minimum atomic E-state index is -0.773. The fourth-order valence-electron chi connectivity index (χ4n) is 1.18. The summed E-state index contributed by atoms with van der Waals surface area (Å²) in [5.74, 6) is -0.0118. The van der Waals surface area contributed by atoms with Crippen LogP contribution in [0.4, 0.5) is 5.69 Å². The van der Waals surface area contributed by atoms with Crippen LogP contribution < -0.4 is 9.47 Å². The molecule has 86 valence electrons. The largest absolute Gasteiger partial charge is 0.496 e. The standard InChI is InChI=1S/C9H8ClNO5/c1-15-7-4-6(11(13)14)8(16-2)3-5(7)9(10)12/h3-4H,1-2H3. The number of halogens is 1. The maximum Gasteiger partial charge on any atom is 0.314 e. The van der Waals surface area contributed by atoms with E-state index >= 15 is 0 Å². The molecule has 0 radical (unpaired) electrons. The summed E-state index contributed by atoms with van der Waals surface area (Å²) in [6.07, 6.45) is 0. The fourth-order valence-corrected chi connectivity index (χ4v) is 1.33. The van der Waals surface area contributed by atoms with E-state index in [0.717, 1.165) is 6.07 Å². The van der Waals surface area contributed by atoms with E-state index in [2.05, 4.69) is 0 Å². The molecule has 0 spiro atoms. The van der Waals surface area contributed by atoms with E-state index in [1.807, 2.05) is 0 Å². The van der Waals surface area contributed by atoms with Gasteiger partial charge in [0.05, 0.1) is 30.8 Å². The van der Waals surface area contributed by atoms with Crippen molar-refractivity contribution in [3.63, 3.8) is 0 Å². The molecule has 1 aromatic carbocycles. The minimum Gasteiger partial charge on any atom is -0.496 e. The van der Waals surface area contributed by atoms with Gasteiger partial charge in [0.25, 0.3) is 5.24 Å². The molecule has 0 aliphatic heterocycles. The quantitative estimate of drug-likeness (QED) is 0.460. The molecule has 0 aromatic heterocycles. The highest BCUT2D eigenvalue weighted by Gasteiger charge is 2.21. The Kier molecular flexibility index (Phi) is 3.68. The van der Waals surface area contributed by atoms with Crippen LogP contribution in [0.1, 0.15) is 10.4 Å². The van der Waals surface area contributed by atoms with Gasteiger partial charge in [-0.15, -0.1) is 0 Å². The first-order valence-electron chi connectivity index (χ1n) is 4.11. The molecule has 0 saturated heterocycles. The van der Waals surface area contributed by atoms with Crippen molar-refractivity contribution in [3.8, 4) is 11.5 Å². The number of carbonyl (C=O) groups is 1. The minimum absolute atomic E-state index is 0.0200. The van der Waals surface area contributed by atoms with Crippen LogP contribution >= 0.6 is 11.6 Å². The highest BCUT2D eigenvalue weighted by Crippen LogP contribution is 2.34. The van der Waals surface area contributed by atoms with Crippen molar-refractivity contribution in [1.29, 1.82) is 0 Å². The first-order valence-corrected chi connectivity index (χ1v) is 4.49. The number of nitro benzene ring substituents is 1. The van der Waals surface area contributed by atoms with Crippen LogP contribution in [0.2, 0.25) is 0 Å². The number of nitro groups is 1. The average molecular weight is 246 g/mol. The summed E-state index contributed by atoms with van der Waals surface area (Å²) in [7, 11) is 2.55. The van der Waals surface area contributed by atoms with E-state index in [0.29, 0.717) is 0 Å². The van der Waals surface area contributed by atoms with Crippen LogP contribution in [0.25, 0.3) is 0 Å². The Morgan fingerprint density at radius 2 is 1.88 bits per heavy atom. The summed E-state index contributed by atoms with van der Waals surface area (Å²) < 4.78 is 9.62. The molecular formula is C9H8ClNO5. The molecule has 0 saturated carbocycles. The van der Waals surface area contributed by atoms with Crippen LogP contribution in [-0.4, -0.2) is 24.4 Å². The van der Waals surface area contributed by atoms with Crippen molar-refractivity contribution in [3.05, 3.63) is 27.8 Å². The number of nitrogens with zero attached hydrogens (tertiary/aromatic N) is 1. The second kappa shape index (κ2) is 4.80. The van der Waals surface area contributed by atoms with Gasteiger partial charge < -0.3 is 9.47 Å². The zero-order valence-electron chi connectivity index (χ0n) is 8.52. The third kappa shape index (κ3) is 2.22. The molecule has 0 aliphatic carbocycles. The Bertz CT molecular complexity index is 404. The Morgan fingerprint density at radius 1 is 1.31 bits per heavy atom. The SMILES string of the molecule is COc1cc([N+](=O)[O-])c(OC)cc1C(=O)Cl. The molecule has 7 heteroatoms. The van der Waals surface area contributed by atoms with Crippen molar-refractivity contribution in [2.75, 3.05) is 14.2 Å². The number of hydrogen-bond donors (Lipinski definition) is 0. The van der Waals surface area contributed by atoms with Gasteiger partial charge in [-0.3, -0.25) is 14.9 Å². The first kappa shape index (κ1) is 12.3. The maximum atomic E-state index is 11.0. The molecule has 1 rings (SSSR count). The molecule has 0 atom stereocenters. The smallest absolute Gasteiger partial charge is 0.314 e. The lowest BCUT2D eigenvalue weighted by Gasteiger charge is -2.07. The van der Waals surface area contributed by atoms with E-state index in [9.17, 15) is 14.9 Å². The van der Waals surface area contributed by atoms with E-state index in [1.54, 1.807) is 0 Å². The van der Waals surface area contributed by atoms with E-state index in [1.165, 1.54) is 20.3 Å². The average Bonchev–Trinajstić information content (AvgIpc) is 2.26. The van der Waals surface area contributed by atoms with Crippen LogP contribution in [0.5, 0.6) is 11.5 Å². The number of benzene rings is 1.